The van der Waals surface area contributed by atoms with Crippen LogP contribution in [0, 0.1) is 16.2 Å². The van der Waals surface area contributed by atoms with Gasteiger partial charge in [0.2, 0.25) is 0 Å². The van der Waals surface area contributed by atoms with Gasteiger partial charge in [-0.3, -0.25) is 0 Å². The number of carbonyl (C=O) groups excluding carboxylic acids is 2. The van der Waals surface area contributed by atoms with Gasteiger partial charge in [-0.15, -0.1) is 17.0 Å². The first-order valence-electron chi connectivity index (χ1n) is 23.3. The maximum atomic E-state index is 13.0. The summed E-state index contributed by atoms with van der Waals surface area (Å²) in [7, 11) is -0.780. The Balaban J connectivity index is 0.000000216. The van der Waals surface area contributed by atoms with Crippen molar-refractivity contribution in [2.45, 2.75) is 38.5 Å². The van der Waals surface area contributed by atoms with Crippen molar-refractivity contribution in [3.05, 3.63) is 182 Å². The molecule has 0 heterocycles. The molecule has 0 radical (unpaired) electrons. The minimum absolute atomic E-state index is 0. The van der Waals surface area contributed by atoms with E-state index in [9.17, 15) is 9.59 Å². The minimum atomic E-state index is -2.27. The van der Waals surface area contributed by atoms with Gasteiger partial charge in [0.15, 0.2) is 0 Å². The molecule has 0 unspecified atom stereocenters. The summed E-state index contributed by atoms with van der Waals surface area (Å²) in [4.78, 5) is 27.4. The van der Waals surface area contributed by atoms with E-state index in [1.165, 1.54) is 31.8 Å². The molecule has 8 rings (SSSR count). The Kier molecular flexibility index (Phi) is 17.9. The van der Waals surface area contributed by atoms with Crippen LogP contribution in [-0.2, 0) is 9.59 Å². The van der Waals surface area contributed by atoms with Crippen LogP contribution >= 0.6 is 31.5 Å². The Labute approximate surface area is 404 Å². The Hall–Kier alpha value is -5.17. The van der Waals surface area contributed by atoms with Gasteiger partial charge in [0.1, 0.15) is 0 Å². The molecule has 6 aromatic rings. The fraction of sp³-hybridized carbons (Fsp3) is 0.291. The number of hydrogen-bond donors (Lipinski definition) is 5. The Bertz CT molecular complexity index is 2230. The molecule has 0 aromatic heterocycles. The molecule has 66 heavy (non-hydrogen) atoms. The van der Waals surface area contributed by atoms with Crippen molar-refractivity contribution in [1.82, 2.24) is 20.9 Å². The Morgan fingerprint density at radius 3 is 1.05 bits per heavy atom. The summed E-state index contributed by atoms with van der Waals surface area (Å²) < 4.78 is 0. The van der Waals surface area contributed by atoms with Crippen molar-refractivity contribution in [2.75, 3.05) is 52.6 Å². The molecule has 0 atom stereocenters. The summed E-state index contributed by atoms with van der Waals surface area (Å²) >= 11 is 0. The first-order chi connectivity index (χ1) is 31.7. The predicted octanol–water partition coefficient (Wildman–Crippen LogP) is 6.62. The summed E-state index contributed by atoms with van der Waals surface area (Å²) in [5.74, 6) is 0.309. The summed E-state index contributed by atoms with van der Waals surface area (Å²) in [6, 6.07) is 65.5. The van der Waals surface area contributed by atoms with Crippen molar-refractivity contribution in [2.24, 2.45) is 16.6 Å². The Morgan fingerprint density at radius 2 is 0.803 bits per heavy atom. The second-order valence-corrected chi connectivity index (χ2v) is 26.1. The van der Waals surface area contributed by atoms with E-state index >= 15 is 0 Å². The third-order valence-corrected chi connectivity index (χ3v) is 23.9. The number of halogens is 1. The van der Waals surface area contributed by atoms with Crippen molar-refractivity contribution >= 4 is 81.1 Å². The number of benzene rings is 6. The third-order valence-electron chi connectivity index (χ3n) is 13.8. The van der Waals surface area contributed by atoms with Crippen molar-refractivity contribution in [3.63, 3.8) is 0 Å². The zero-order valence-electron chi connectivity index (χ0n) is 38.6. The van der Waals surface area contributed by atoms with E-state index in [-0.39, 0.29) is 40.2 Å². The van der Waals surface area contributed by atoms with Crippen LogP contribution in [-0.4, -0.2) is 75.3 Å². The summed E-state index contributed by atoms with van der Waals surface area (Å²) in [5, 5.41) is 25.7. The molecule has 8 nitrogen and oxygen atoms in total. The van der Waals surface area contributed by atoms with Crippen molar-refractivity contribution in [3.8, 4) is 0 Å². The van der Waals surface area contributed by atoms with E-state index in [1.54, 1.807) is 11.9 Å². The number of nitrogens with two attached hydrogens (primary N) is 1. The number of nitrogens with zero attached hydrogens (tertiary/aromatic N) is 1. The molecule has 2 saturated carbocycles. The molecule has 0 bridgehead atoms. The molecule has 348 valence electrons. The van der Waals surface area contributed by atoms with Gasteiger partial charge in [0.05, 0.1) is 0 Å². The average molecular weight is 988 g/mol. The number of rotatable bonds is 20. The number of hydrogen-bond acceptors (Lipinski definition) is 4. The van der Waals surface area contributed by atoms with Gasteiger partial charge in [-0.05, 0) is 0 Å². The molecular weight excluding hydrogens is 918 g/mol. The molecule has 0 spiro atoms. The zero-order chi connectivity index (χ0) is 45.6. The molecule has 0 saturated heterocycles. The van der Waals surface area contributed by atoms with E-state index in [0.29, 0.717) is 13.1 Å². The molecule has 2 aliphatic rings. The molecule has 2 amide bonds. The fourth-order valence-electron chi connectivity index (χ4n) is 9.81. The van der Waals surface area contributed by atoms with Gasteiger partial charge in [-0.25, -0.2) is 0 Å². The first kappa shape index (κ1) is 50.2. The van der Waals surface area contributed by atoms with Crippen LogP contribution in [0.2, 0.25) is 0 Å². The number of guanidine groups is 1. The molecule has 6 aromatic carbocycles. The monoisotopic (exact) mass is 986 g/mol. The molecule has 2 aliphatic carbocycles. The predicted molar refractivity (Wildman–Crippen MR) is 290 cm³/mol. The van der Waals surface area contributed by atoms with E-state index in [2.05, 4.69) is 198 Å². The van der Waals surface area contributed by atoms with Crippen molar-refractivity contribution < 1.29 is 9.59 Å². The molecular formula is C55H69BrN6O2P2. The van der Waals surface area contributed by atoms with Gasteiger partial charge in [0, 0.05) is 0 Å². The molecule has 0 aliphatic heterocycles. The van der Waals surface area contributed by atoms with E-state index in [1.807, 2.05) is 7.05 Å². The fourth-order valence-corrected chi connectivity index (χ4v) is 19.5. The third kappa shape index (κ3) is 11.7. The van der Waals surface area contributed by atoms with Gasteiger partial charge in [-0.1, -0.05) is 0 Å². The first-order valence-corrected chi connectivity index (χ1v) is 27.7. The van der Waals surface area contributed by atoms with E-state index in [0.717, 1.165) is 63.9 Å². The van der Waals surface area contributed by atoms with Crippen LogP contribution in [0.1, 0.15) is 38.5 Å². The van der Waals surface area contributed by atoms with Crippen LogP contribution in [0.25, 0.3) is 0 Å². The normalized spacial score (nSPS) is 14.8. The molecule has 11 heteroatoms. The van der Waals surface area contributed by atoms with Gasteiger partial charge < -0.3 is 0 Å². The Morgan fingerprint density at radius 1 is 0.530 bits per heavy atom. The van der Waals surface area contributed by atoms with Gasteiger partial charge >= 0.3 is 390 Å². The topological polar surface area (TPSA) is 123 Å². The van der Waals surface area contributed by atoms with Crippen LogP contribution < -0.4 is 53.5 Å². The average Bonchev–Trinajstić information content (AvgIpc) is 4.31. The van der Waals surface area contributed by atoms with Gasteiger partial charge in [0.25, 0.3) is 0 Å². The molecule has 6 N–H and O–H groups in total. The molecule has 2 fully saturated rings. The second kappa shape index (κ2) is 23.5. The van der Waals surface area contributed by atoms with Crippen LogP contribution in [0.5, 0.6) is 0 Å². The number of amides is 2. The summed E-state index contributed by atoms with van der Waals surface area (Å²) in [6.07, 6.45) is 7.63. The number of carbonyl (C=O) groups is 2. The SMILES string of the molecule is Br.CN(CC1(C(=O)NCCC[PH](c2ccccc2)(c2ccccc2)c2ccccc2)CC1)C(=N)N.CNCC1(C(=O)NCCC[PH](c2ccccc2)(c2ccccc2)c2ccccc2)CC1. The van der Waals surface area contributed by atoms with Crippen LogP contribution in [0.15, 0.2) is 182 Å². The second-order valence-electron chi connectivity index (χ2n) is 18.1. The number of nitrogens with one attached hydrogen (secondary N) is 4. The summed E-state index contributed by atoms with van der Waals surface area (Å²) in [5.41, 5.74) is 5.03. The quantitative estimate of drug-likeness (QED) is 0.0255. The maximum absolute atomic E-state index is 13.0. The van der Waals surface area contributed by atoms with E-state index < -0.39 is 19.9 Å². The standard InChI is InChI=1S/C28H35N4OP.C27H33N2OP.BrH/c1-32(27(29)30)22-28(18-19-28)26(33)31-20-11-21-34(23-12-5-2-6-13-23,24-14-7-3-8-15-24)25-16-9-4-10-17-25;1-28-22-27(18-19-27)26(30)29-20-11-21-31(23-12-5-2-6-13-23,24-14-7-3-8-15-24)25-16-9-4-10-17-25;/h2-10,12-17,34H,11,18-22H2,1H3,(H3,29,30)(H,31,33);2-10,12-17,28,31H,11,18-22H2,1H3,(H,29,30);1H. The van der Waals surface area contributed by atoms with Crippen molar-refractivity contribution in [1.29, 1.82) is 5.41 Å². The van der Waals surface area contributed by atoms with Crippen LogP contribution in [0.4, 0.5) is 0 Å². The van der Waals surface area contributed by atoms with Crippen LogP contribution in [0.3, 0.4) is 0 Å². The van der Waals surface area contributed by atoms with E-state index in [4.69, 9.17) is 11.1 Å². The summed E-state index contributed by atoms with van der Waals surface area (Å²) in [6.45, 7) is 2.65. The zero-order valence-corrected chi connectivity index (χ0v) is 42.3. The van der Waals surface area contributed by atoms with Gasteiger partial charge in [-0.2, -0.15) is 0 Å².